The summed E-state index contributed by atoms with van der Waals surface area (Å²) in [4.78, 5) is 2.17. The Morgan fingerprint density at radius 3 is 2.05 bits per heavy atom. The minimum absolute atomic E-state index is 0.0566. The molecule has 1 aliphatic heterocycles. The van der Waals surface area contributed by atoms with E-state index in [1.54, 1.807) is 0 Å². The van der Waals surface area contributed by atoms with Crippen molar-refractivity contribution in [3.8, 4) is 23.8 Å². The van der Waals surface area contributed by atoms with Crippen molar-refractivity contribution in [2.24, 2.45) is 0 Å². The first-order valence-corrected chi connectivity index (χ1v) is 19.3. The number of terminal acetylenes is 1. The van der Waals surface area contributed by atoms with Gasteiger partial charge < -0.3 is 29.0 Å². The van der Waals surface area contributed by atoms with Crippen molar-refractivity contribution in [3.05, 3.63) is 0 Å². The molecule has 0 bridgehead atoms. The Bertz CT molecular complexity index is 773. The molecule has 0 aromatic carbocycles. The Morgan fingerprint density at radius 1 is 1.08 bits per heavy atom. The molecule has 2 N–H and O–H groups in total. The third-order valence-electron chi connectivity index (χ3n) is 8.89. The molecule has 6 atom stereocenters. The zero-order chi connectivity index (χ0) is 28.4. The van der Waals surface area contributed by atoms with Gasteiger partial charge in [0.05, 0.1) is 31.3 Å². The summed E-state index contributed by atoms with van der Waals surface area (Å²) < 4.78 is 19.5. The monoisotopic (exact) mass is 553 g/mol. The van der Waals surface area contributed by atoms with Crippen LogP contribution in [-0.2, 0) is 13.9 Å². The van der Waals surface area contributed by atoms with Gasteiger partial charge in [0, 0.05) is 6.42 Å². The van der Waals surface area contributed by atoms with E-state index in [4.69, 9.17) is 20.3 Å². The summed E-state index contributed by atoms with van der Waals surface area (Å²) in [5.41, 5.74) is 2.26. The van der Waals surface area contributed by atoms with Crippen molar-refractivity contribution in [2.45, 2.75) is 140 Å². The van der Waals surface area contributed by atoms with Gasteiger partial charge in [-0.2, -0.15) is 0 Å². The molecule has 0 aliphatic carbocycles. The standard InChI is InChI=1S/C29H55NO5Si2/c1-12-29(32,19-18-20-36(13-2,14-3)15-4)26(22-31)34-27-21-25(28(30(10)11)24(9)33-27)35-37(16-5,17-6)23(7)8/h1,23-28,31-32H,13-17,19,21-22H2,2-11H3/t24-,25-,26+,27-,28+,29-/m0/s1. The van der Waals surface area contributed by atoms with E-state index < -0.39 is 41.0 Å². The largest absolute Gasteiger partial charge is 0.412 e. The number of aliphatic hydroxyl groups is 2. The second-order valence-corrected chi connectivity index (χ2v) is 21.1. The van der Waals surface area contributed by atoms with Gasteiger partial charge in [0.2, 0.25) is 0 Å². The highest BCUT2D eigenvalue weighted by Gasteiger charge is 2.47. The van der Waals surface area contributed by atoms with Gasteiger partial charge in [-0.25, -0.2) is 0 Å². The van der Waals surface area contributed by atoms with Crippen molar-refractivity contribution >= 4 is 16.4 Å². The molecule has 1 heterocycles. The molecular formula is C29H55NO5Si2. The molecule has 0 aromatic heterocycles. The lowest BCUT2D eigenvalue weighted by Crippen LogP contribution is -2.60. The normalized spacial score (nSPS) is 25.3. The Morgan fingerprint density at radius 2 is 1.65 bits per heavy atom. The lowest BCUT2D eigenvalue weighted by molar-refractivity contribution is -0.266. The SMILES string of the molecule is C#C[C@](O)(CC#C[Si](CC)(CC)CC)[C@@H](CO)O[C@H]1C[C@H](O[Si](CC)(CC)C(C)C)[C@H](N(C)C)[C@H](C)O1. The van der Waals surface area contributed by atoms with Gasteiger partial charge in [0.25, 0.3) is 0 Å². The molecular weight excluding hydrogens is 498 g/mol. The van der Waals surface area contributed by atoms with E-state index in [0.29, 0.717) is 12.0 Å². The summed E-state index contributed by atoms with van der Waals surface area (Å²) in [5.74, 6) is 5.66. The fourth-order valence-electron chi connectivity index (χ4n) is 5.76. The maximum Gasteiger partial charge on any atom is 0.195 e. The van der Waals surface area contributed by atoms with Crippen LogP contribution in [0.4, 0.5) is 0 Å². The molecule has 37 heavy (non-hydrogen) atoms. The highest BCUT2D eigenvalue weighted by Crippen LogP contribution is 2.37. The number of ether oxygens (including phenoxy) is 2. The van der Waals surface area contributed by atoms with Crippen LogP contribution in [0.25, 0.3) is 0 Å². The van der Waals surface area contributed by atoms with Crippen molar-refractivity contribution in [1.82, 2.24) is 4.90 Å². The van der Waals surface area contributed by atoms with Crippen LogP contribution in [0.3, 0.4) is 0 Å². The number of hydrogen-bond acceptors (Lipinski definition) is 6. The third kappa shape index (κ3) is 8.40. The van der Waals surface area contributed by atoms with Crippen LogP contribution in [0, 0.1) is 23.8 Å². The molecule has 6 nitrogen and oxygen atoms in total. The summed E-state index contributed by atoms with van der Waals surface area (Å²) in [7, 11) is 0.449. The fourth-order valence-corrected chi connectivity index (χ4v) is 11.8. The van der Waals surface area contributed by atoms with Crippen LogP contribution in [0.15, 0.2) is 0 Å². The predicted molar refractivity (Wildman–Crippen MR) is 158 cm³/mol. The van der Waals surface area contributed by atoms with Gasteiger partial charge in [-0.3, -0.25) is 0 Å². The van der Waals surface area contributed by atoms with E-state index in [2.05, 4.69) is 84.8 Å². The number of rotatable bonds is 14. The van der Waals surface area contributed by atoms with Crippen molar-refractivity contribution in [2.75, 3.05) is 20.7 Å². The Labute approximate surface area is 230 Å². The first-order valence-electron chi connectivity index (χ1n) is 14.3. The van der Waals surface area contributed by atoms with E-state index in [1.165, 1.54) is 0 Å². The first-order chi connectivity index (χ1) is 17.4. The fraction of sp³-hybridized carbons (Fsp3) is 0.862. The van der Waals surface area contributed by atoms with Gasteiger partial charge in [0.1, 0.15) is 14.2 Å². The van der Waals surface area contributed by atoms with Gasteiger partial charge in [-0.05, 0) is 56.8 Å². The Kier molecular flexibility index (Phi) is 14.1. The van der Waals surface area contributed by atoms with Crippen LogP contribution in [-0.4, -0.2) is 88.5 Å². The second kappa shape index (κ2) is 15.2. The van der Waals surface area contributed by atoms with Crippen LogP contribution < -0.4 is 0 Å². The van der Waals surface area contributed by atoms with E-state index in [1.807, 2.05) is 6.92 Å². The maximum absolute atomic E-state index is 11.3. The van der Waals surface area contributed by atoms with E-state index >= 15 is 0 Å². The lowest BCUT2D eigenvalue weighted by Gasteiger charge is -2.48. The number of hydrogen-bond donors (Lipinski definition) is 2. The summed E-state index contributed by atoms with van der Waals surface area (Å²) >= 11 is 0. The molecule has 0 radical (unpaired) electrons. The highest BCUT2D eigenvalue weighted by atomic mass is 28.4. The van der Waals surface area contributed by atoms with Crippen molar-refractivity contribution in [3.63, 3.8) is 0 Å². The molecule has 1 aliphatic rings. The predicted octanol–water partition coefficient (Wildman–Crippen LogP) is 5.02. The number of nitrogens with zero attached hydrogens (tertiary/aromatic N) is 1. The van der Waals surface area contributed by atoms with Crippen LogP contribution in [0.2, 0.25) is 35.8 Å². The minimum Gasteiger partial charge on any atom is -0.412 e. The topological polar surface area (TPSA) is 71.4 Å². The molecule has 214 valence electrons. The molecule has 1 fully saturated rings. The average Bonchev–Trinajstić information content (AvgIpc) is 2.87. The van der Waals surface area contributed by atoms with Crippen LogP contribution >= 0.6 is 0 Å². The zero-order valence-corrected chi connectivity index (χ0v) is 27.3. The Balaban J connectivity index is 3.19. The highest BCUT2D eigenvalue weighted by molar-refractivity contribution is 6.87. The molecule has 8 heteroatoms. The zero-order valence-electron chi connectivity index (χ0n) is 25.3. The summed E-state index contributed by atoms with van der Waals surface area (Å²) in [5, 5.41) is 21.6. The van der Waals surface area contributed by atoms with Crippen LogP contribution in [0.5, 0.6) is 0 Å². The molecule has 0 spiro atoms. The molecule has 1 rings (SSSR count). The second-order valence-electron chi connectivity index (χ2n) is 11.2. The third-order valence-corrected chi connectivity index (χ3v) is 18.9. The van der Waals surface area contributed by atoms with E-state index in [0.717, 1.165) is 30.2 Å². The van der Waals surface area contributed by atoms with E-state index in [-0.39, 0.29) is 24.7 Å². The van der Waals surface area contributed by atoms with Gasteiger partial charge in [0.15, 0.2) is 20.2 Å². The quantitative estimate of drug-likeness (QED) is 0.233. The summed E-state index contributed by atoms with van der Waals surface area (Å²) in [6.45, 7) is 17.2. The minimum atomic E-state index is -1.98. The van der Waals surface area contributed by atoms with Crippen LogP contribution in [0.1, 0.15) is 68.2 Å². The summed E-state index contributed by atoms with van der Waals surface area (Å²) in [6.07, 6.45) is 4.46. The van der Waals surface area contributed by atoms with E-state index in [9.17, 15) is 10.2 Å². The number of likely N-dealkylation sites (N-methyl/N-ethyl adjacent to an activating group) is 1. The molecule has 0 aromatic rings. The van der Waals surface area contributed by atoms with Gasteiger partial charge >= 0.3 is 0 Å². The first kappa shape index (κ1) is 34.3. The molecule has 0 amide bonds. The maximum atomic E-state index is 11.3. The van der Waals surface area contributed by atoms with Gasteiger partial charge in [-0.15, -0.1) is 17.9 Å². The smallest absolute Gasteiger partial charge is 0.195 e. The molecule has 1 saturated heterocycles. The number of aliphatic hydroxyl groups excluding tert-OH is 1. The lowest BCUT2D eigenvalue weighted by atomic mass is 9.93. The Hall–Kier alpha value is -0.686. The van der Waals surface area contributed by atoms with Crippen molar-refractivity contribution < 1.29 is 24.1 Å². The average molecular weight is 554 g/mol. The molecule has 0 unspecified atom stereocenters. The molecule has 0 saturated carbocycles. The van der Waals surface area contributed by atoms with Crippen molar-refractivity contribution in [1.29, 1.82) is 0 Å². The van der Waals surface area contributed by atoms with Gasteiger partial charge in [-0.1, -0.05) is 54.4 Å². The summed E-state index contributed by atoms with van der Waals surface area (Å²) in [6, 6.07) is 5.38.